The largest absolute Gasteiger partial charge is 0.481 e. The molecule has 2 N–H and O–H groups in total. The van der Waals surface area contributed by atoms with Crippen LogP contribution in [0.5, 0.6) is 0 Å². The maximum absolute atomic E-state index is 12.3. The molecule has 1 aromatic heterocycles. The fraction of sp³-hybridized carbons (Fsp3) is 0.278. The number of amides is 1. The van der Waals surface area contributed by atoms with Crippen LogP contribution in [-0.2, 0) is 17.3 Å². The monoisotopic (exact) mass is 328 g/mol. The van der Waals surface area contributed by atoms with Gasteiger partial charge in [-0.3, -0.25) is 14.4 Å². The first-order valence-corrected chi connectivity index (χ1v) is 7.64. The average Bonchev–Trinajstić information content (AvgIpc) is 2.58. The molecule has 0 radical (unpaired) electrons. The number of carbonyl (C=O) groups excluding carboxylic acids is 1. The summed E-state index contributed by atoms with van der Waals surface area (Å²) in [6, 6.07) is 11.6. The fourth-order valence-electron chi connectivity index (χ4n) is 2.60. The van der Waals surface area contributed by atoms with Crippen molar-refractivity contribution in [3.63, 3.8) is 0 Å². The minimum absolute atomic E-state index is 0.0372. The zero-order valence-electron chi connectivity index (χ0n) is 13.7. The summed E-state index contributed by atoms with van der Waals surface area (Å²) in [6.07, 6.45) is 1.76. The van der Waals surface area contributed by atoms with Gasteiger partial charge in [0.25, 0.3) is 5.91 Å². The molecule has 24 heavy (non-hydrogen) atoms. The van der Waals surface area contributed by atoms with Crippen LogP contribution in [0.2, 0.25) is 0 Å². The van der Waals surface area contributed by atoms with E-state index in [4.69, 9.17) is 0 Å². The molecule has 2 rings (SSSR count). The third kappa shape index (κ3) is 3.37. The van der Waals surface area contributed by atoms with Crippen LogP contribution in [0.3, 0.4) is 0 Å². The van der Waals surface area contributed by atoms with Gasteiger partial charge in [0.2, 0.25) is 5.56 Å². The maximum atomic E-state index is 12.3. The average molecular weight is 328 g/mol. The first-order valence-electron chi connectivity index (χ1n) is 7.64. The van der Waals surface area contributed by atoms with Gasteiger partial charge in [0, 0.05) is 25.9 Å². The molecule has 6 nitrogen and oxygen atoms in total. The van der Waals surface area contributed by atoms with Crippen LogP contribution in [0.25, 0.3) is 0 Å². The van der Waals surface area contributed by atoms with Gasteiger partial charge in [-0.2, -0.15) is 0 Å². The van der Waals surface area contributed by atoms with Crippen molar-refractivity contribution in [2.24, 2.45) is 7.05 Å². The first kappa shape index (κ1) is 17.5. The Kier molecular flexibility index (Phi) is 5.18. The lowest BCUT2D eigenvalue weighted by molar-refractivity contribution is -0.143. The van der Waals surface area contributed by atoms with Crippen molar-refractivity contribution >= 4 is 11.9 Å². The van der Waals surface area contributed by atoms with Crippen molar-refractivity contribution in [1.29, 1.82) is 0 Å². The predicted octanol–water partition coefficient (Wildman–Crippen LogP) is 1.55. The smallest absolute Gasteiger partial charge is 0.315 e. The van der Waals surface area contributed by atoms with Gasteiger partial charge in [0.15, 0.2) is 0 Å². The molecule has 0 fully saturated rings. The predicted molar refractivity (Wildman–Crippen MR) is 90.1 cm³/mol. The quantitative estimate of drug-likeness (QED) is 0.842. The van der Waals surface area contributed by atoms with Crippen molar-refractivity contribution in [1.82, 2.24) is 9.88 Å². The second-order valence-corrected chi connectivity index (χ2v) is 5.66. The number of aliphatic carboxylic acids is 1. The Hall–Kier alpha value is -2.89. The Labute approximate surface area is 139 Å². The lowest BCUT2D eigenvalue weighted by atomic mass is 9.78. The number of nitrogens with zero attached hydrogens (tertiary/aromatic N) is 1. The molecule has 0 saturated carbocycles. The number of pyridine rings is 1. The second kappa shape index (κ2) is 7.12. The molecule has 0 spiro atoms. The van der Waals surface area contributed by atoms with Gasteiger partial charge < -0.3 is 15.0 Å². The van der Waals surface area contributed by atoms with Crippen LogP contribution in [0.4, 0.5) is 0 Å². The summed E-state index contributed by atoms with van der Waals surface area (Å²) in [5, 5.41) is 12.4. The van der Waals surface area contributed by atoms with Gasteiger partial charge in [-0.05, 0) is 18.1 Å². The molecule has 126 valence electrons. The lowest BCUT2D eigenvalue weighted by Gasteiger charge is -2.29. The van der Waals surface area contributed by atoms with Gasteiger partial charge in [-0.25, -0.2) is 0 Å². The molecular formula is C18H20N2O4. The second-order valence-electron chi connectivity index (χ2n) is 5.66. The van der Waals surface area contributed by atoms with E-state index in [1.165, 1.54) is 22.9 Å². The molecule has 1 unspecified atom stereocenters. The molecule has 0 aliphatic heterocycles. The van der Waals surface area contributed by atoms with Crippen molar-refractivity contribution in [3.8, 4) is 0 Å². The maximum Gasteiger partial charge on any atom is 0.315 e. The molecule has 0 bridgehead atoms. The normalized spacial score (nSPS) is 13.1. The number of aromatic nitrogens is 1. The number of benzene rings is 1. The minimum Gasteiger partial charge on any atom is -0.481 e. The van der Waals surface area contributed by atoms with Gasteiger partial charge >= 0.3 is 5.97 Å². The van der Waals surface area contributed by atoms with E-state index in [0.717, 1.165) is 0 Å². The SMILES string of the molecule is CCC(CNC(=O)c1ccc(=O)n(C)c1)(C(=O)O)c1ccccc1. The molecule has 0 aliphatic carbocycles. The summed E-state index contributed by atoms with van der Waals surface area (Å²) in [7, 11) is 1.55. The van der Waals surface area contributed by atoms with E-state index in [9.17, 15) is 19.5 Å². The van der Waals surface area contributed by atoms with E-state index in [1.807, 2.05) is 6.07 Å². The van der Waals surface area contributed by atoms with Gasteiger partial charge in [0.1, 0.15) is 5.41 Å². The molecule has 2 aromatic rings. The zero-order chi connectivity index (χ0) is 17.7. The Morgan fingerprint density at radius 2 is 1.83 bits per heavy atom. The van der Waals surface area contributed by atoms with Gasteiger partial charge in [0.05, 0.1) is 5.56 Å². The topological polar surface area (TPSA) is 88.4 Å². The van der Waals surface area contributed by atoms with Crippen molar-refractivity contribution in [2.75, 3.05) is 6.54 Å². The summed E-state index contributed by atoms with van der Waals surface area (Å²) in [6.45, 7) is 1.74. The van der Waals surface area contributed by atoms with Crippen molar-refractivity contribution in [3.05, 3.63) is 70.1 Å². The molecule has 6 heteroatoms. The van der Waals surface area contributed by atoms with E-state index >= 15 is 0 Å². The lowest BCUT2D eigenvalue weighted by Crippen LogP contribution is -2.46. The van der Waals surface area contributed by atoms with Crippen LogP contribution < -0.4 is 10.9 Å². The van der Waals surface area contributed by atoms with Crippen molar-refractivity contribution in [2.45, 2.75) is 18.8 Å². The minimum atomic E-state index is -1.20. The van der Waals surface area contributed by atoms with Crippen molar-refractivity contribution < 1.29 is 14.7 Å². The Bertz CT molecular complexity index is 798. The fourth-order valence-corrected chi connectivity index (χ4v) is 2.60. The molecule has 1 heterocycles. The number of aryl methyl sites for hydroxylation is 1. The van der Waals surface area contributed by atoms with E-state index in [0.29, 0.717) is 17.5 Å². The molecule has 0 aliphatic rings. The Morgan fingerprint density at radius 3 is 2.38 bits per heavy atom. The molecule has 0 saturated heterocycles. The van der Waals surface area contributed by atoms with Crippen LogP contribution in [0.15, 0.2) is 53.5 Å². The summed E-state index contributed by atoms with van der Waals surface area (Å²) in [5.74, 6) is -1.41. The highest BCUT2D eigenvalue weighted by molar-refractivity contribution is 5.94. The first-order chi connectivity index (χ1) is 11.4. The van der Waals surface area contributed by atoms with Crippen LogP contribution in [0, 0.1) is 0 Å². The summed E-state index contributed by atoms with van der Waals surface area (Å²) in [4.78, 5) is 35.6. The van der Waals surface area contributed by atoms with E-state index in [1.54, 1.807) is 38.2 Å². The molecule has 1 amide bonds. The summed E-state index contributed by atoms with van der Waals surface area (Å²) < 4.78 is 1.30. The van der Waals surface area contributed by atoms with Crippen LogP contribution in [-0.4, -0.2) is 28.1 Å². The Morgan fingerprint density at radius 1 is 1.17 bits per heavy atom. The highest BCUT2D eigenvalue weighted by atomic mass is 16.4. The number of hydrogen-bond donors (Lipinski definition) is 2. The summed E-state index contributed by atoms with van der Waals surface area (Å²) in [5.41, 5.74) is -0.469. The third-order valence-electron chi connectivity index (χ3n) is 4.24. The highest BCUT2D eigenvalue weighted by Crippen LogP contribution is 2.28. The van der Waals surface area contributed by atoms with E-state index < -0.39 is 17.3 Å². The molecule has 1 atom stereocenters. The van der Waals surface area contributed by atoms with Crippen LogP contribution >= 0.6 is 0 Å². The number of carboxylic acid groups (broad SMARTS) is 1. The third-order valence-corrected chi connectivity index (χ3v) is 4.24. The Balaban J connectivity index is 2.25. The number of rotatable bonds is 6. The van der Waals surface area contributed by atoms with Gasteiger partial charge in [-0.15, -0.1) is 0 Å². The molecular weight excluding hydrogens is 308 g/mol. The van der Waals surface area contributed by atoms with E-state index in [2.05, 4.69) is 5.32 Å². The standard InChI is InChI=1S/C18H20N2O4/c1-3-18(17(23)24,14-7-5-4-6-8-14)12-19-16(22)13-9-10-15(21)20(2)11-13/h4-11H,3,12H2,1-2H3,(H,19,22)(H,23,24). The number of hydrogen-bond acceptors (Lipinski definition) is 3. The van der Waals surface area contributed by atoms with Crippen LogP contribution in [0.1, 0.15) is 29.3 Å². The highest BCUT2D eigenvalue weighted by Gasteiger charge is 2.39. The molecule has 1 aromatic carbocycles. The zero-order valence-corrected chi connectivity index (χ0v) is 13.7. The van der Waals surface area contributed by atoms with E-state index in [-0.39, 0.29) is 12.1 Å². The number of nitrogens with one attached hydrogen (secondary N) is 1. The number of carbonyl (C=O) groups is 2. The van der Waals surface area contributed by atoms with Gasteiger partial charge in [-0.1, -0.05) is 37.3 Å². The number of carboxylic acids is 1. The summed E-state index contributed by atoms with van der Waals surface area (Å²) >= 11 is 0.